The van der Waals surface area contributed by atoms with Gasteiger partial charge in [0.2, 0.25) is 11.8 Å². The van der Waals surface area contributed by atoms with E-state index in [0.29, 0.717) is 36.7 Å². The van der Waals surface area contributed by atoms with Gasteiger partial charge in [-0.05, 0) is 49.8 Å². The maximum atomic E-state index is 13.0. The molecule has 0 spiro atoms. The monoisotopic (exact) mass is 451 g/mol. The molecule has 4 N–H and O–H groups in total. The van der Waals surface area contributed by atoms with Crippen molar-refractivity contribution in [2.45, 2.75) is 50.6 Å². The Morgan fingerprint density at radius 3 is 2.76 bits per heavy atom. The number of carbonyl (C=O) groups is 3. The van der Waals surface area contributed by atoms with Crippen LogP contribution in [0.25, 0.3) is 10.9 Å². The summed E-state index contributed by atoms with van der Waals surface area (Å²) >= 11 is 0. The summed E-state index contributed by atoms with van der Waals surface area (Å²) in [7, 11) is 1.57. The molecular weight excluding hydrogens is 422 g/mol. The summed E-state index contributed by atoms with van der Waals surface area (Å²) < 4.78 is 5.35. The molecule has 1 saturated heterocycles. The van der Waals surface area contributed by atoms with Crippen molar-refractivity contribution >= 4 is 28.6 Å². The van der Waals surface area contributed by atoms with E-state index in [2.05, 4.69) is 27.0 Å². The topological polar surface area (TPSA) is 136 Å². The van der Waals surface area contributed by atoms with Crippen molar-refractivity contribution in [3.63, 3.8) is 0 Å². The SMILES string of the molecule is COc1cccc2[nH]c(C(=O)N[C@@H](CC3CC3)C(=O)NC(C#N)C[C@@H]3CCCNC3=O)cc12. The van der Waals surface area contributed by atoms with Gasteiger partial charge in [-0.1, -0.05) is 18.9 Å². The first kappa shape index (κ1) is 22.6. The van der Waals surface area contributed by atoms with Crippen LogP contribution in [0.4, 0.5) is 0 Å². The molecule has 3 atom stereocenters. The van der Waals surface area contributed by atoms with Crippen LogP contribution in [0, 0.1) is 23.2 Å². The Bertz CT molecular complexity index is 1080. The lowest BCUT2D eigenvalue weighted by Crippen LogP contribution is -2.50. The second-order valence-corrected chi connectivity index (χ2v) is 8.87. The average Bonchev–Trinajstić information content (AvgIpc) is 3.53. The molecule has 3 amide bonds. The highest BCUT2D eigenvalue weighted by molar-refractivity contribution is 6.01. The summed E-state index contributed by atoms with van der Waals surface area (Å²) in [4.78, 5) is 41.1. The number of rotatable bonds is 9. The number of piperidine rings is 1. The Labute approximate surface area is 192 Å². The van der Waals surface area contributed by atoms with Crippen LogP contribution in [0.3, 0.4) is 0 Å². The summed E-state index contributed by atoms with van der Waals surface area (Å²) in [5, 5.41) is 18.7. The van der Waals surface area contributed by atoms with Crippen molar-refractivity contribution in [1.82, 2.24) is 20.9 Å². The van der Waals surface area contributed by atoms with Gasteiger partial charge in [-0.2, -0.15) is 5.26 Å². The van der Waals surface area contributed by atoms with E-state index in [1.165, 1.54) is 0 Å². The first-order valence-corrected chi connectivity index (χ1v) is 11.4. The second-order valence-electron chi connectivity index (χ2n) is 8.87. The summed E-state index contributed by atoms with van der Waals surface area (Å²) in [6, 6.07) is 7.75. The number of hydrogen-bond donors (Lipinski definition) is 4. The van der Waals surface area contributed by atoms with Crippen LogP contribution < -0.4 is 20.7 Å². The largest absolute Gasteiger partial charge is 0.496 e. The Morgan fingerprint density at radius 2 is 2.06 bits per heavy atom. The molecule has 2 heterocycles. The average molecular weight is 452 g/mol. The molecule has 2 fully saturated rings. The van der Waals surface area contributed by atoms with Gasteiger partial charge in [0, 0.05) is 23.4 Å². The minimum absolute atomic E-state index is 0.0761. The number of nitrogens with zero attached hydrogens (tertiary/aromatic N) is 1. The molecule has 33 heavy (non-hydrogen) atoms. The summed E-state index contributed by atoms with van der Waals surface area (Å²) in [5.74, 6) is -0.123. The van der Waals surface area contributed by atoms with E-state index >= 15 is 0 Å². The molecule has 2 aromatic rings. The van der Waals surface area contributed by atoms with Crippen LogP contribution in [0.5, 0.6) is 5.75 Å². The van der Waals surface area contributed by atoms with Gasteiger partial charge in [0.05, 0.1) is 13.2 Å². The predicted octanol–water partition coefficient (Wildman–Crippen LogP) is 2.00. The number of amides is 3. The molecule has 1 unspecified atom stereocenters. The van der Waals surface area contributed by atoms with E-state index in [4.69, 9.17) is 4.74 Å². The molecule has 0 radical (unpaired) electrons. The zero-order valence-corrected chi connectivity index (χ0v) is 18.6. The first-order chi connectivity index (χ1) is 16.0. The number of nitrogens with one attached hydrogen (secondary N) is 4. The molecule has 2 aliphatic rings. The third kappa shape index (κ3) is 5.45. The predicted molar refractivity (Wildman–Crippen MR) is 121 cm³/mol. The smallest absolute Gasteiger partial charge is 0.268 e. The van der Waals surface area contributed by atoms with Crippen molar-refractivity contribution in [1.29, 1.82) is 5.26 Å². The number of nitriles is 1. The third-order valence-electron chi connectivity index (χ3n) is 6.37. The van der Waals surface area contributed by atoms with Gasteiger partial charge in [-0.3, -0.25) is 14.4 Å². The van der Waals surface area contributed by atoms with E-state index in [1.807, 2.05) is 18.2 Å². The van der Waals surface area contributed by atoms with Gasteiger partial charge in [-0.15, -0.1) is 0 Å². The number of carbonyl (C=O) groups excluding carboxylic acids is 3. The quantitative estimate of drug-likeness (QED) is 0.462. The molecule has 9 heteroatoms. The number of methoxy groups -OCH3 is 1. The normalized spacial score (nSPS) is 19.8. The zero-order valence-electron chi connectivity index (χ0n) is 18.6. The van der Waals surface area contributed by atoms with Crippen LogP contribution in [0.15, 0.2) is 24.3 Å². The fraction of sp³-hybridized carbons (Fsp3) is 0.500. The molecule has 4 rings (SSSR count). The third-order valence-corrected chi connectivity index (χ3v) is 6.37. The number of hydrogen-bond acceptors (Lipinski definition) is 5. The fourth-order valence-electron chi connectivity index (χ4n) is 4.34. The number of H-pyrrole nitrogens is 1. The standard InChI is InChI=1S/C24H29N5O4/c1-33-21-6-2-5-18-17(21)12-20(28-18)24(32)29-19(10-14-7-8-14)23(31)27-16(13-25)11-15-4-3-9-26-22(15)30/h2,5-6,12,14-16,19,28H,3-4,7-11H2,1H3,(H,26,30)(H,27,31)(H,29,32)/t15-,16?,19-/m0/s1. The maximum absolute atomic E-state index is 13.0. The Kier molecular flexibility index (Phi) is 6.82. The zero-order chi connectivity index (χ0) is 23.4. The molecule has 1 aliphatic carbocycles. The molecular formula is C24H29N5O4. The van der Waals surface area contributed by atoms with Crippen LogP contribution in [0.2, 0.25) is 0 Å². The van der Waals surface area contributed by atoms with Crippen LogP contribution >= 0.6 is 0 Å². The van der Waals surface area contributed by atoms with Crippen molar-refractivity contribution in [2.24, 2.45) is 11.8 Å². The van der Waals surface area contributed by atoms with Gasteiger partial charge < -0.3 is 25.7 Å². The number of ether oxygens (including phenoxy) is 1. The van der Waals surface area contributed by atoms with Gasteiger partial charge in [0.25, 0.3) is 5.91 Å². The summed E-state index contributed by atoms with van der Waals surface area (Å²) in [5.41, 5.74) is 1.09. The lowest BCUT2D eigenvalue weighted by molar-refractivity contribution is -0.128. The van der Waals surface area contributed by atoms with Crippen LogP contribution in [-0.4, -0.2) is 48.4 Å². The van der Waals surface area contributed by atoms with Crippen molar-refractivity contribution < 1.29 is 19.1 Å². The van der Waals surface area contributed by atoms with Crippen molar-refractivity contribution in [3.05, 3.63) is 30.0 Å². The van der Waals surface area contributed by atoms with E-state index in [1.54, 1.807) is 13.2 Å². The van der Waals surface area contributed by atoms with Crippen LogP contribution in [-0.2, 0) is 9.59 Å². The molecule has 1 aliphatic heterocycles. The Balaban J connectivity index is 1.43. The van der Waals surface area contributed by atoms with E-state index in [0.717, 1.165) is 30.2 Å². The number of benzene rings is 1. The molecule has 174 valence electrons. The fourth-order valence-corrected chi connectivity index (χ4v) is 4.34. The lowest BCUT2D eigenvalue weighted by atomic mass is 9.92. The number of fused-ring (bicyclic) bond motifs is 1. The highest BCUT2D eigenvalue weighted by atomic mass is 16.5. The summed E-state index contributed by atoms with van der Waals surface area (Å²) in [6.45, 7) is 0.647. The minimum atomic E-state index is -0.790. The maximum Gasteiger partial charge on any atom is 0.268 e. The van der Waals surface area contributed by atoms with Gasteiger partial charge in [-0.25, -0.2) is 0 Å². The highest BCUT2D eigenvalue weighted by Crippen LogP contribution is 2.34. The summed E-state index contributed by atoms with van der Waals surface area (Å²) in [6.07, 6.45) is 4.38. The van der Waals surface area contributed by atoms with Gasteiger partial charge in [0.15, 0.2) is 0 Å². The molecule has 9 nitrogen and oxygen atoms in total. The molecule has 0 bridgehead atoms. The number of aromatic amines is 1. The van der Waals surface area contributed by atoms with Gasteiger partial charge >= 0.3 is 0 Å². The van der Waals surface area contributed by atoms with E-state index < -0.39 is 23.9 Å². The first-order valence-electron chi connectivity index (χ1n) is 11.4. The highest BCUT2D eigenvalue weighted by Gasteiger charge is 2.33. The molecule has 1 saturated carbocycles. The Hall–Kier alpha value is -3.54. The van der Waals surface area contributed by atoms with Crippen molar-refractivity contribution in [2.75, 3.05) is 13.7 Å². The van der Waals surface area contributed by atoms with E-state index in [9.17, 15) is 19.6 Å². The number of aromatic nitrogens is 1. The molecule has 1 aromatic carbocycles. The van der Waals surface area contributed by atoms with Crippen molar-refractivity contribution in [3.8, 4) is 11.8 Å². The van der Waals surface area contributed by atoms with Gasteiger partial charge in [0.1, 0.15) is 23.5 Å². The van der Waals surface area contributed by atoms with Crippen LogP contribution in [0.1, 0.15) is 49.0 Å². The molecule has 1 aromatic heterocycles. The second kappa shape index (κ2) is 9.94. The lowest BCUT2D eigenvalue weighted by Gasteiger charge is -2.25. The Morgan fingerprint density at radius 1 is 1.24 bits per heavy atom. The minimum Gasteiger partial charge on any atom is -0.496 e. The van der Waals surface area contributed by atoms with E-state index in [-0.39, 0.29) is 18.2 Å².